The summed E-state index contributed by atoms with van der Waals surface area (Å²) >= 11 is 6.04. The largest absolute Gasteiger partial charge is 0.482 e. The lowest BCUT2D eigenvalue weighted by atomic mass is 9.99. The van der Waals surface area contributed by atoms with E-state index in [1.807, 2.05) is 0 Å². The number of anilines is 1. The van der Waals surface area contributed by atoms with Gasteiger partial charge in [0.2, 0.25) is 0 Å². The summed E-state index contributed by atoms with van der Waals surface area (Å²) in [5.74, 6) is -0.668. The Morgan fingerprint density at radius 1 is 1.38 bits per heavy atom. The van der Waals surface area contributed by atoms with Crippen molar-refractivity contribution in [1.29, 1.82) is 0 Å². The van der Waals surface area contributed by atoms with Crippen molar-refractivity contribution < 1.29 is 22.7 Å². The Bertz CT molecular complexity index is 739. The molecule has 1 amide bonds. The molecule has 0 aliphatic carbocycles. The Labute approximate surface area is 127 Å². The highest BCUT2D eigenvalue weighted by molar-refractivity contribution is 7.92. The molecule has 8 heteroatoms. The van der Waals surface area contributed by atoms with E-state index in [4.69, 9.17) is 16.3 Å². The topological polar surface area (TPSA) is 89.5 Å². The minimum atomic E-state index is -3.62. The van der Waals surface area contributed by atoms with Crippen LogP contribution in [0.1, 0.15) is 24.2 Å². The van der Waals surface area contributed by atoms with Gasteiger partial charge in [-0.25, -0.2) is 8.42 Å². The summed E-state index contributed by atoms with van der Waals surface area (Å²) < 4.78 is 27.1. The first-order valence-corrected chi connectivity index (χ1v) is 8.31. The van der Waals surface area contributed by atoms with Crippen molar-refractivity contribution in [2.45, 2.75) is 18.6 Å². The summed E-state index contributed by atoms with van der Waals surface area (Å²) in [4.78, 5) is 23.7. The first kappa shape index (κ1) is 15.8. The van der Waals surface area contributed by atoms with Gasteiger partial charge in [-0.15, -0.1) is 0 Å². The highest BCUT2D eigenvalue weighted by atomic mass is 35.5. The molecule has 1 aromatic rings. The third-order valence-corrected chi connectivity index (χ3v) is 5.77. The smallest absolute Gasteiger partial charge is 0.262 e. The van der Waals surface area contributed by atoms with E-state index in [0.717, 1.165) is 6.26 Å². The van der Waals surface area contributed by atoms with Crippen LogP contribution in [0, 0.1) is 0 Å². The van der Waals surface area contributed by atoms with Crippen LogP contribution in [0.2, 0.25) is 5.02 Å². The van der Waals surface area contributed by atoms with Crippen molar-refractivity contribution in [3.8, 4) is 5.75 Å². The minimum Gasteiger partial charge on any atom is -0.482 e. The maximum atomic E-state index is 12.5. The average Bonchev–Trinajstić information content (AvgIpc) is 2.35. The molecule has 0 fully saturated rings. The first-order valence-electron chi connectivity index (χ1n) is 6.04. The van der Waals surface area contributed by atoms with Gasteiger partial charge in [0.1, 0.15) is 10.5 Å². The molecule has 114 valence electrons. The fourth-order valence-corrected chi connectivity index (χ4v) is 2.46. The summed E-state index contributed by atoms with van der Waals surface area (Å²) in [5, 5.41) is 2.61. The molecule has 1 aliphatic heterocycles. The molecule has 1 heterocycles. The molecule has 0 atom stereocenters. The van der Waals surface area contributed by atoms with Gasteiger partial charge in [0, 0.05) is 11.8 Å². The number of benzene rings is 1. The number of hydrogen-bond donors (Lipinski definition) is 1. The van der Waals surface area contributed by atoms with Gasteiger partial charge in [0.15, 0.2) is 22.2 Å². The van der Waals surface area contributed by atoms with Crippen LogP contribution in [0.3, 0.4) is 0 Å². The van der Waals surface area contributed by atoms with Gasteiger partial charge in [-0.3, -0.25) is 9.59 Å². The number of fused-ring (bicyclic) bond motifs is 1. The number of ether oxygens (including phenoxy) is 1. The van der Waals surface area contributed by atoms with E-state index in [0.29, 0.717) is 5.69 Å². The molecule has 0 bridgehead atoms. The summed E-state index contributed by atoms with van der Waals surface area (Å²) in [5.41, 5.74) is 0.395. The van der Waals surface area contributed by atoms with E-state index in [1.54, 1.807) is 0 Å². The Morgan fingerprint density at radius 3 is 2.57 bits per heavy atom. The molecule has 1 aromatic carbocycles. The zero-order valence-corrected chi connectivity index (χ0v) is 13.3. The van der Waals surface area contributed by atoms with E-state index >= 15 is 0 Å². The predicted molar refractivity (Wildman–Crippen MR) is 78.8 cm³/mol. The molecule has 0 unspecified atom stereocenters. The minimum absolute atomic E-state index is 0.0435. The fraction of sp³-hybridized carbons (Fsp3) is 0.385. The maximum Gasteiger partial charge on any atom is 0.262 e. The molecule has 0 saturated heterocycles. The zero-order chi connectivity index (χ0) is 16.0. The lowest BCUT2D eigenvalue weighted by Gasteiger charge is -2.23. The van der Waals surface area contributed by atoms with Gasteiger partial charge < -0.3 is 10.1 Å². The van der Waals surface area contributed by atoms with E-state index in [9.17, 15) is 18.0 Å². The van der Waals surface area contributed by atoms with Crippen molar-refractivity contribution in [3.05, 3.63) is 22.7 Å². The van der Waals surface area contributed by atoms with Crippen molar-refractivity contribution in [2.75, 3.05) is 18.2 Å². The van der Waals surface area contributed by atoms with Gasteiger partial charge in [0.05, 0.1) is 10.7 Å². The van der Waals surface area contributed by atoms with Crippen LogP contribution in [-0.2, 0) is 14.6 Å². The second-order valence-corrected chi connectivity index (χ2v) is 8.25. The second-order valence-electron chi connectivity index (χ2n) is 5.28. The van der Waals surface area contributed by atoms with E-state index in [-0.39, 0.29) is 28.8 Å². The average molecular weight is 332 g/mol. The third kappa shape index (κ3) is 2.75. The molecule has 1 N–H and O–H groups in total. The summed E-state index contributed by atoms with van der Waals surface area (Å²) in [6, 6.07) is 2.73. The molecular formula is C13H14ClNO5S. The lowest BCUT2D eigenvalue weighted by Crippen LogP contribution is -2.40. The van der Waals surface area contributed by atoms with Crippen LogP contribution in [-0.4, -0.2) is 37.7 Å². The number of ketones is 1. The van der Waals surface area contributed by atoms with E-state index in [1.165, 1.54) is 26.0 Å². The molecule has 1 aliphatic rings. The summed E-state index contributed by atoms with van der Waals surface area (Å²) in [6.45, 7) is 2.48. The number of sulfone groups is 1. The number of carbonyl (C=O) groups is 2. The van der Waals surface area contributed by atoms with Gasteiger partial charge in [-0.2, -0.15) is 0 Å². The van der Waals surface area contributed by atoms with Gasteiger partial charge in [-0.05, 0) is 26.0 Å². The standard InChI is InChI=1S/C13H14ClNO5S/c1-13(2,21(3,18)19)12(17)7-4-10-9(5-8(7)14)15-11(16)6-20-10/h4-5H,6H2,1-3H3,(H,15,16). The molecule has 0 aromatic heterocycles. The molecule has 21 heavy (non-hydrogen) atoms. The fourth-order valence-electron chi connectivity index (χ4n) is 1.77. The first-order chi connectivity index (χ1) is 9.54. The monoisotopic (exact) mass is 331 g/mol. The number of hydrogen-bond acceptors (Lipinski definition) is 5. The van der Waals surface area contributed by atoms with Crippen LogP contribution in [0.5, 0.6) is 5.75 Å². The third-order valence-electron chi connectivity index (χ3n) is 3.42. The summed E-state index contributed by atoms with van der Waals surface area (Å²) in [6.07, 6.45) is 0.994. The Hall–Kier alpha value is -1.60. The zero-order valence-electron chi connectivity index (χ0n) is 11.7. The molecule has 0 saturated carbocycles. The van der Waals surface area contributed by atoms with E-state index in [2.05, 4.69) is 5.32 Å². The number of amides is 1. The van der Waals surface area contributed by atoms with E-state index < -0.39 is 20.4 Å². The molecule has 0 radical (unpaired) electrons. The molecule has 0 spiro atoms. The SMILES string of the molecule is CC(C)(C(=O)c1cc2c(cc1Cl)NC(=O)CO2)S(C)(=O)=O. The van der Waals surface area contributed by atoms with Gasteiger partial charge in [-0.1, -0.05) is 11.6 Å². The van der Waals surface area contributed by atoms with Crippen molar-refractivity contribution in [1.82, 2.24) is 0 Å². The van der Waals surface area contributed by atoms with Crippen molar-refractivity contribution >= 4 is 38.8 Å². The summed E-state index contributed by atoms with van der Waals surface area (Å²) in [7, 11) is -3.62. The van der Waals surface area contributed by atoms with Crippen molar-refractivity contribution in [3.63, 3.8) is 0 Å². The Balaban J connectivity index is 2.51. The Morgan fingerprint density at radius 2 is 2.00 bits per heavy atom. The highest BCUT2D eigenvalue weighted by Gasteiger charge is 2.40. The maximum absolute atomic E-state index is 12.5. The van der Waals surface area contributed by atoms with Crippen LogP contribution in [0.4, 0.5) is 5.69 Å². The molecule has 6 nitrogen and oxygen atoms in total. The number of halogens is 1. The van der Waals surface area contributed by atoms with Crippen LogP contribution < -0.4 is 10.1 Å². The van der Waals surface area contributed by atoms with Gasteiger partial charge in [0.25, 0.3) is 5.91 Å². The lowest BCUT2D eigenvalue weighted by molar-refractivity contribution is -0.118. The normalized spacial score (nSPS) is 15.0. The van der Waals surface area contributed by atoms with Crippen molar-refractivity contribution in [2.24, 2.45) is 0 Å². The number of rotatable bonds is 3. The Kier molecular flexibility index (Phi) is 3.75. The molecule has 2 rings (SSSR count). The number of Topliss-reactive ketones (excluding diaryl/α,β-unsaturated/α-hetero) is 1. The second kappa shape index (κ2) is 4.99. The highest BCUT2D eigenvalue weighted by Crippen LogP contribution is 2.36. The number of nitrogens with one attached hydrogen (secondary N) is 1. The van der Waals surface area contributed by atoms with Gasteiger partial charge >= 0.3 is 0 Å². The van der Waals surface area contributed by atoms with Crippen LogP contribution in [0.25, 0.3) is 0 Å². The molecular weight excluding hydrogens is 318 g/mol. The van der Waals surface area contributed by atoms with Crippen LogP contribution in [0.15, 0.2) is 12.1 Å². The van der Waals surface area contributed by atoms with Crippen LogP contribution >= 0.6 is 11.6 Å². The number of carbonyl (C=O) groups excluding carboxylic acids is 2. The predicted octanol–water partition coefficient (Wildman–Crippen LogP) is 1.68. The quantitative estimate of drug-likeness (QED) is 0.851.